The van der Waals surface area contributed by atoms with E-state index in [4.69, 9.17) is 5.11 Å². The summed E-state index contributed by atoms with van der Waals surface area (Å²) in [4.78, 5) is 11.8. The van der Waals surface area contributed by atoms with E-state index in [1.54, 1.807) is 18.3 Å². The fourth-order valence-corrected chi connectivity index (χ4v) is 1.73. The molecule has 0 aliphatic rings. The molecule has 0 saturated heterocycles. The molecule has 0 heterocycles. The summed E-state index contributed by atoms with van der Waals surface area (Å²) in [5, 5.41) is 13.1. The molecule has 4 heteroatoms. The zero-order valence-corrected chi connectivity index (χ0v) is 11.2. The maximum atomic E-state index is 11.8. The quantitative estimate of drug-likeness (QED) is 0.661. The molecule has 0 aliphatic heterocycles. The van der Waals surface area contributed by atoms with Crippen LogP contribution in [0.15, 0.2) is 59.7 Å². The number of phenolic OH excluding ortho intramolecular Hbond substituents is 1. The molecular formula is C16H16N2O2. The lowest BCUT2D eigenvalue weighted by Gasteiger charge is -2.05. The summed E-state index contributed by atoms with van der Waals surface area (Å²) >= 11 is 0. The fraction of sp³-hybridized carbons (Fsp3) is 0.125. The minimum atomic E-state index is -0.304. The largest absolute Gasteiger partial charge is 0.508 e. The normalized spacial score (nSPS) is 12.2. The van der Waals surface area contributed by atoms with Gasteiger partial charge in [-0.1, -0.05) is 37.3 Å². The molecule has 0 fully saturated rings. The Balaban J connectivity index is 1.93. The van der Waals surface area contributed by atoms with Gasteiger partial charge in [-0.05, 0) is 29.8 Å². The van der Waals surface area contributed by atoms with Gasteiger partial charge in [-0.25, -0.2) is 5.43 Å². The van der Waals surface area contributed by atoms with E-state index in [0.29, 0.717) is 5.56 Å². The van der Waals surface area contributed by atoms with Gasteiger partial charge in [0.2, 0.25) is 0 Å². The average molecular weight is 268 g/mol. The van der Waals surface area contributed by atoms with Crippen molar-refractivity contribution in [2.24, 2.45) is 5.10 Å². The standard InChI is InChI=1S/C16H16N2O2/c1-12(13-5-3-2-4-6-13)11-17-18-16(20)14-7-9-15(19)10-8-14/h2-12,19H,1H3,(H,18,20). The van der Waals surface area contributed by atoms with Crippen molar-refractivity contribution < 1.29 is 9.90 Å². The predicted octanol–water partition coefficient (Wildman–Crippen LogP) is 2.91. The SMILES string of the molecule is CC(C=NNC(=O)c1ccc(O)cc1)c1ccccc1. The van der Waals surface area contributed by atoms with Gasteiger partial charge in [0.05, 0.1) is 0 Å². The molecule has 1 unspecified atom stereocenters. The zero-order chi connectivity index (χ0) is 14.4. The second kappa shape index (κ2) is 6.52. The number of nitrogens with zero attached hydrogens (tertiary/aromatic N) is 1. The molecule has 2 aromatic rings. The smallest absolute Gasteiger partial charge is 0.271 e. The van der Waals surface area contributed by atoms with Crippen molar-refractivity contribution in [3.63, 3.8) is 0 Å². The average Bonchev–Trinajstić information content (AvgIpc) is 2.48. The van der Waals surface area contributed by atoms with Crippen molar-refractivity contribution in [2.45, 2.75) is 12.8 Å². The minimum Gasteiger partial charge on any atom is -0.508 e. The molecule has 0 spiro atoms. The van der Waals surface area contributed by atoms with E-state index < -0.39 is 0 Å². The van der Waals surface area contributed by atoms with Gasteiger partial charge in [-0.15, -0.1) is 0 Å². The van der Waals surface area contributed by atoms with Gasteiger partial charge in [0.25, 0.3) is 5.91 Å². The Labute approximate surface area is 117 Å². The molecule has 0 aromatic heterocycles. The Kier molecular flexibility index (Phi) is 4.50. The first kappa shape index (κ1) is 13.8. The van der Waals surface area contributed by atoms with E-state index >= 15 is 0 Å². The van der Waals surface area contributed by atoms with Crippen molar-refractivity contribution in [2.75, 3.05) is 0 Å². The number of nitrogens with one attached hydrogen (secondary N) is 1. The van der Waals surface area contributed by atoms with Gasteiger partial charge in [0.1, 0.15) is 5.75 Å². The monoisotopic (exact) mass is 268 g/mol. The van der Waals surface area contributed by atoms with Crippen LogP contribution in [0, 0.1) is 0 Å². The Hall–Kier alpha value is -2.62. The lowest BCUT2D eigenvalue weighted by Crippen LogP contribution is -2.17. The van der Waals surface area contributed by atoms with Gasteiger partial charge in [0.15, 0.2) is 0 Å². The van der Waals surface area contributed by atoms with E-state index in [0.717, 1.165) is 5.56 Å². The molecule has 102 valence electrons. The minimum absolute atomic E-state index is 0.122. The summed E-state index contributed by atoms with van der Waals surface area (Å²) in [5.74, 6) is -0.0550. The molecule has 0 saturated carbocycles. The molecule has 2 aromatic carbocycles. The van der Waals surface area contributed by atoms with Crippen LogP contribution in [0.25, 0.3) is 0 Å². The molecule has 1 atom stereocenters. The molecule has 0 radical (unpaired) electrons. The molecule has 2 N–H and O–H groups in total. The number of phenols is 1. The number of hydrogen-bond donors (Lipinski definition) is 2. The van der Waals surface area contributed by atoms with E-state index in [1.807, 2.05) is 37.3 Å². The second-order valence-electron chi connectivity index (χ2n) is 4.47. The van der Waals surface area contributed by atoms with Crippen LogP contribution in [-0.2, 0) is 0 Å². The highest BCUT2D eigenvalue weighted by atomic mass is 16.3. The summed E-state index contributed by atoms with van der Waals surface area (Å²) in [6.07, 6.45) is 1.69. The van der Waals surface area contributed by atoms with Crippen molar-refractivity contribution in [1.82, 2.24) is 5.43 Å². The lowest BCUT2D eigenvalue weighted by molar-refractivity contribution is 0.0955. The first-order valence-electron chi connectivity index (χ1n) is 6.34. The van der Waals surface area contributed by atoms with Crippen molar-refractivity contribution in [3.8, 4) is 5.75 Å². The maximum Gasteiger partial charge on any atom is 0.271 e. The Morgan fingerprint density at radius 1 is 1.15 bits per heavy atom. The molecular weight excluding hydrogens is 252 g/mol. The summed E-state index contributed by atoms with van der Waals surface area (Å²) in [6.45, 7) is 2.01. The number of hydrogen-bond acceptors (Lipinski definition) is 3. The lowest BCUT2D eigenvalue weighted by atomic mass is 10.0. The van der Waals surface area contributed by atoms with Crippen LogP contribution >= 0.6 is 0 Å². The van der Waals surface area contributed by atoms with Crippen LogP contribution in [0.4, 0.5) is 0 Å². The number of benzene rings is 2. The molecule has 1 amide bonds. The van der Waals surface area contributed by atoms with E-state index in [1.165, 1.54) is 12.1 Å². The van der Waals surface area contributed by atoms with E-state index in [2.05, 4.69) is 10.5 Å². The van der Waals surface area contributed by atoms with Crippen LogP contribution in [0.2, 0.25) is 0 Å². The van der Waals surface area contributed by atoms with Gasteiger partial charge in [0, 0.05) is 17.7 Å². The Morgan fingerprint density at radius 2 is 1.80 bits per heavy atom. The predicted molar refractivity (Wildman–Crippen MR) is 78.9 cm³/mol. The topological polar surface area (TPSA) is 61.7 Å². The van der Waals surface area contributed by atoms with Gasteiger partial charge in [-0.3, -0.25) is 4.79 Å². The summed E-state index contributed by atoms with van der Waals surface area (Å²) < 4.78 is 0. The van der Waals surface area contributed by atoms with E-state index in [9.17, 15) is 4.79 Å². The highest BCUT2D eigenvalue weighted by molar-refractivity contribution is 5.94. The molecule has 0 bridgehead atoms. The molecule has 0 aliphatic carbocycles. The Bertz CT molecular complexity index is 592. The number of amides is 1. The molecule has 4 nitrogen and oxygen atoms in total. The van der Waals surface area contributed by atoms with Gasteiger partial charge < -0.3 is 5.11 Å². The van der Waals surface area contributed by atoms with Crippen LogP contribution < -0.4 is 5.43 Å². The number of rotatable bonds is 4. The van der Waals surface area contributed by atoms with Gasteiger partial charge in [-0.2, -0.15) is 5.10 Å². The summed E-state index contributed by atoms with van der Waals surface area (Å²) in [5.41, 5.74) is 4.05. The first-order chi connectivity index (χ1) is 9.66. The number of carbonyl (C=O) groups excluding carboxylic acids is 1. The Morgan fingerprint density at radius 3 is 2.45 bits per heavy atom. The van der Waals surface area contributed by atoms with Crippen LogP contribution in [-0.4, -0.2) is 17.2 Å². The third kappa shape index (κ3) is 3.68. The number of carbonyl (C=O) groups is 1. The fourth-order valence-electron chi connectivity index (χ4n) is 1.73. The van der Waals surface area contributed by atoms with Crippen LogP contribution in [0.5, 0.6) is 5.75 Å². The van der Waals surface area contributed by atoms with Crippen molar-refractivity contribution >= 4 is 12.1 Å². The van der Waals surface area contributed by atoms with Crippen molar-refractivity contribution in [3.05, 3.63) is 65.7 Å². The highest BCUT2D eigenvalue weighted by Crippen LogP contribution is 2.12. The number of aromatic hydroxyl groups is 1. The second-order valence-corrected chi connectivity index (χ2v) is 4.47. The van der Waals surface area contributed by atoms with Gasteiger partial charge >= 0.3 is 0 Å². The molecule has 20 heavy (non-hydrogen) atoms. The third-order valence-electron chi connectivity index (χ3n) is 2.92. The third-order valence-corrected chi connectivity index (χ3v) is 2.92. The zero-order valence-electron chi connectivity index (χ0n) is 11.2. The maximum absolute atomic E-state index is 11.8. The van der Waals surface area contributed by atoms with E-state index in [-0.39, 0.29) is 17.6 Å². The first-order valence-corrected chi connectivity index (χ1v) is 6.34. The van der Waals surface area contributed by atoms with Crippen LogP contribution in [0.1, 0.15) is 28.8 Å². The summed E-state index contributed by atoms with van der Waals surface area (Å²) in [7, 11) is 0. The number of hydrazone groups is 1. The molecule has 2 rings (SSSR count). The summed E-state index contributed by atoms with van der Waals surface area (Å²) in [6, 6.07) is 15.9. The van der Waals surface area contributed by atoms with Crippen LogP contribution in [0.3, 0.4) is 0 Å². The highest BCUT2D eigenvalue weighted by Gasteiger charge is 2.04. The van der Waals surface area contributed by atoms with Crippen molar-refractivity contribution in [1.29, 1.82) is 0 Å².